The van der Waals surface area contributed by atoms with E-state index in [0.29, 0.717) is 6.61 Å². The highest BCUT2D eigenvalue weighted by Gasteiger charge is 2.01. The molecule has 3 nitrogen and oxygen atoms in total. The van der Waals surface area contributed by atoms with E-state index in [1.807, 2.05) is 35.7 Å². The standard InChI is InChI=1S/C10H12N2O/c1-8-4-3-5-10-6-9(7-13-2)11-12(8)10/h3-6H,7H2,1-2H3. The van der Waals surface area contributed by atoms with E-state index in [9.17, 15) is 0 Å². The molecule has 0 atom stereocenters. The molecule has 0 saturated carbocycles. The van der Waals surface area contributed by atoms with Gasteiger partial charge in [-0.2, -0.15) is 5.10 Å². The zero-order valence-corrected chi connectivity index (χ0v) is 7.82. The average Bonchev–Trinajstić information content (AvgIpc) is 2.49. The van der Waals surface area contributed by atoms with E-state index in [4.69, 9.17) is 4.74 Å². The van der Waals surface area contributed by atoms with Gasteiger partial charge in [0, 0.05) is 12.8 Å². The monoisotopic (exact) mass is 176 g/mol. The summed E-state index contributed by atoms with van der Waals surface area (Å²) in [5, 5.41) is 4.39. The molecule has 3 heteroatoms. The maximum atomic E-state index is 5.02. The lowest BCUT2D eigenvalue weighted by atomic mass is 10.3. The van der Waals surface area contributed by atoms with Gasteiger partial charge in [0.2, 0.25) is 0 Å². The average molecular weight is 176 g/mol. The largest absolute Gasteiger partial charge is 0.378 e. The summed E-state index contributed by atoms with van der Waals surface area (Å²) in [5.41, 5.74) is 3.23. The van der Waals surface area contributed by atoms with Crippen LogP contribution in [0, 0.1) is 6.92 Å². The molecule has 0 amide bonds. The van der Waals surface area contributed by atoms with Crippen molar-refractivity contribution < 1.29 is 4.74 Å². The van der Waals surface area contributed by atoms with Crippen LogP contribution in [-0.2, 0) is 11.3 Å². The Morgan fingerprint density at radius 3 is 3.00 bits per heavy atom. The Bertz CT molecular complexity index is 420. The van der Waals surface area contributed by atoms with Crippen LogP contribution in [0.25, 0.3) is 5.52 Å². The molecule has 0 aliphatic heterocycles. The van der Waals surface area contributed by atoms with Crippen LogP contribution < -0.4 is 0 Å². The Balaban J connectivity index is 2.55. The van der Waals surface area contributed by atoms with Gasteiger partial charge in [-0.15, -0.1) is 0 Å². The SMILES string of the molecule is COCc1cc2cccc(C)n2n1. The van der Waals surface area contributed by atoms with Gasteiger partial charge in [0.1, 0.15) is 0 Å². The van der Waals surface area contributed by atoms with Gasteiger partial charge < -0.3 is 4.74 Å². The number of ether oxygens (including phenoxy) is 1. The highest BCUT2D eigenvalue weighted by molar-refractivity contribution is 5.48. The maximum Gasteiger partial charge on any atom is 0.0903 e. The Morgan fingerprint density at radius 2 is 2.31 bits per heavy atom. The predicted molar refractivity (Wildman–Crippen MR) is 50.6 cm³/mol. The van der Waals surface area contributed by atoms with Crippen molar-refractivity contribution >= 4 is 5.52 Å². The minimum Gasteiger partial charge on any atom is -0.378 e. The van der Waals surface area contributed by atoms with Crippen LogP contribution in [0.4, 0.5) is 0 Å². The van der Waals surface area contributed by atoms with E-state index in [0.717, 1.165) is 16.9 Å². The van der Waals surface area contributed by atoms with Crippen molar-refractivity contribution in [1.29, 1.82) is 0 Å². The van der Waals surface area contributed by atoms with E-state index in [2.05, 4.69) is 5.10 Å². The van der Waals surface area contributed by atoms with E-state index in [1.165, 1.54) is 0 Å². The molecule has 2 aromatic heterocycles. The molecule has 0 saturated heterocycles. The van der Waals surface area contributed by atoms with E-state index >= 15 is 0 Å². The number of nitrogens with zero attached hydrogens (tertiary/aromatic N) is 2. The molecule has 0 radical (unpaired) electrons. The summed E-state index contributed by atoms with van der Waals surface area (Å²) >= 11 is 0. The number of methoxy groups -OCH3 is 1. The number of hydrogen-bond acceptors (Lipinski definition) is 2. The van der Waals surface area contributed by atoms with Crippen molar-refractivity contribution in [1.82, 2.24) is 9.61 Å². The topological polar surface area (TPSA) is 26.5 Å². The van der Waals surface area contributed by atoms with Gasteiger partial charge in [-0.1, -0.05) is 6.07 Å². The molecule has 0 aliphatic carbocycles. The second-order valence-electron chi connectivity index (χ2n) is 3.07. The van der Waals surface area contributed by atoms with Gasteiger partial charge in [0.15, 0.2) is 0 Å². The zero-order chi connectivity index (χ0) is 9.26. The van der Waals surface area contributed by atoms with Crippen LogP contribution in [-0.4, -0.2) is 16.7 Å². The Kier molecular flexibility index (Phi) is 2.02. The van der Waals surface area contributed by atoms with Gasteiger partial charge in [-0.25, -0.2) is 4.52 Å². The number of aryl methyl sites for hydroxylation is 1. The molecule has 68 valence electrons. The highest BCUT2D eigenvalue weighted by atomic mass is 16.5. The fourth-order valence-electron chi connectivity index (χ4n) is 1.42. The smallest absolute Gasteiger partial charge is 0.0903 e. The van der Waals surface area contributed by atoms with Crippen LogP contribution in [0.5, 0.6) is 0 Å². The minimum absolute atomic E-state index is 0.571. The Morgan fingerprint density at radius 1 is 1.46 bits per heavy atom. The number of rotatable bonds is 2. The van der Waals surface area contributed by atoms with E-state index < -0.39 is 0 Å². The van der Waals surface area contributed by atoms with Crippen molar-refractivity contribution in [2.45, 2.75) is 13.5 Å². The van der Waals surface area contributed by atoms with Crippen molar-refractivity contribution in [3.8, 4) is 0 Å². The number of fused-ring (bicyclic) bond motifs is 1. The molecule has 0 N–H and O–H groups in total. The zero-order valence-electron chi connectivity index (χ0n) is 7.82. The molecule has 13 heavy (non-hydrogen) atoms. The molecule has 2 heterocycles. The Hall–Kier alpha value is -1.35. The summed E-state index contributed by atoms with van der Waals surface area (Å²) in [4.78, 5) is 0. The van der Waals surface area contributed by atoms with Gasteiger partial charge >= 0.3 is 0 Å². The molecular weight excluding hydrogens is 164 g/mol. The minimum atomic E-state index is 0.571. The number of aromatic nitrogens is 2. The lowest BCUT2D eigenvalue weighted by Gasteiger charge is -1.96. The van der Waals surface area contributed by atoms with Crippen molar-refractivity contribution in [2.24, 2.45) is 0 Å². The van der Waals surface area contributed by atoms with Crippen LogP contribution in [0.15, 0.2) is 24.3 Å². The summed E-state index contributed by atoms with van der Waals surface area (Å²) in [5.74, 6) is 0. The molecular formula is C10H12N2O. The third-order valence-corrected chi connectivity index (χ3v) is 2.02. The second-order valence-corrected chi connectivity index (χ2v) is 3.07. The van der Waals surface area contributed by atoms with E-state index in [-0.39, 0.29) is 0 Å². The summed E-state index contributed by atoms with van der Waals surface area (Å²) in [6.45, 7) is 2.61. The molecule has 0 fully saturated rings. The van der Waals surface area contributed by atoms with Crippen molar-refractivity contribution in [3.05, 3.63) is 35.7 Å². The molecule has 0 aliphatic rings. The third-order valence-electron chi connectivity index (χ3n) is 2.02. The molecule has 2 aromatic rings. The van der Waals surface area contributed by atoms with Gasteiger partial charge in [-0.05, 0) is 25.1 Å². The molecule has 0 spiro atoms. The predicted octanol–water partition coefficient (Wildman–Crippen LogP) is 1.79. The molecule has 0 aromatic carbocycles. The lowest BCUT2D eigenvalue weighted by molar-refractivity contribution is 0.181. The lowest BCUT2D eigenvalue weighted by Crippen LogP contribution is -1.93. The van der Waals surface area contributed by atoms with Gasteiger partial charge in [-0.3, -0.25) is 0 Å². The van der Waals surface area contributed by atoms with Crippen molar-refractivity contribution in [2.75, 3.05) is 7.11 Å². The Labute approximate surface area is 76.9 Å². The van der Waals surface area contributed by atoms with E-state index in [1.54, 1.807) is 7.11 Å². The fourth-order valence-corrected chi connectivity index (χ4v) is 1.42. The first-order valence-electron chi connectivity index (χ1n) is 4.24. The molecule has 0 unspecified atom stereocenters. The normalized spacial score (nSPS) is 10.9. The molecule has 0 bridgehead atoms. The summed E-state index contributed by atoms with van der Waals surface area (Å²) in [7, 11) is 1.68. The number of pyridine rings is 1. The van der Waals surface area contributed by atoms with Crippen LogP contribution >= 0.6 is 0 Å². The van der Waals surface area contributed by atoms with Crippen LogP contribution in [0.1, 0.15) is 11.4 Å². The summed E-state index contributed by atoms with van der Waals surface area (Å²) in [6, 6.07) is 8.15. The first kappa shape index (κ1) is 8.26. The fraction of sp³-hybridized carbons (Fsp3) is 0.300. The van der Waals surface area contributed by atoms with Gasteiger partial charge in [0.25, 0.3) is 0 Å². The maximum absolute atomic E-state index is 5.02. The third kappa shape index (κ3) is 1.42. The van der Waals surface area contributed by atoms with Gasteiger partial charge in [0.05, 0.1) is 17.8 Å². The first-order valence-corrected chi connectivity index (χ1v) is 4.24. The van der Waals surface area contributed by atoms with Crippen molar-refractivity contribution in [3.63, 3.8) is 0 Å². The quantitative estimate of drug-likeness (QED) is 0.697. The summed E-state index contributed by atoms with van der Waals surface area (Å²) in [6.07, 6.45) is 0. The van der Waals surface area contributed by atoms with Crippen LogP contribution in [0.3, 0.4) is 0 Å². The first-order chi connectivity index (χ1) is 6.31. The van der Waals surface area contributed by atoms with Crippen LogP contribution in [0.2, 0.25) is 0 Å². The number of hydrogen-bond donors (Lipinski definition) is 0. The highest BCUT2D eigenvalue weighted by Crippen LogP contribution is 2.09. The summed E-state index contributed by atoms with van der Waals surface area (Å²) < 4.78 is 6.95. The molecule has 2 rings (SSSR count). The second kappa shape index (κ2) is 3.18.